The van der Waals surface area contributed by atoms with E-state index in [4.69, 9.17) is 11.5 Å². The van der Waals surface area contributed by atoms with E-state index in [1.807, 2.05) is 0 Å². The molecular weight excluding hydrogens is 198 g/mol. The number of hydrogen-bond donors (Lipinski definition) is 2. The van der Waals surface area contributed by atoms with Crippen molar-refractivity contribution in [3.05, 3.63) is 0 Å². The fourth-order valence-electron chi connectivity index (χ4n) is 1.87. The Kier molecular flexibility index (Phi) is 11.3. The molecule has 0 amide bonds. The fraction of sp³-hybridized carbons (Fsp3) is 1.00. The van der Waals surface area contributed by atoms with Crippen molar-refractivity contribution in [3.63, 3.8) is 0 Å². The first-order valence-corrected chi connectivity index (χ1v) is 6.92. The Morgan fingerprint density at radius 2 is 1.44 bits per heavy atom. The maximum Gasteiger partial charge on any atom is 0.0292 e. The van der Waals surface area contributed by atoms with Crippen LogP contribution >= 0.6 is 0 Å². The molecule has 0 saturated carbocycles. The number of unbranched alkanes of at least 4 members (excludes halogenated alkanes) is 4. The molecule has 0 radical (unpaired) electrons. The van der Waals surface area contributed by atoms with Crippen LogP contribution in [0.5, 0.6) is 0 Å². The molecule has 1 unspecified atom stereocenters. The first-order valence-electron chi connectivity index (χ1n) is 6.92. The molecule has 3 nitrogen and oxygen atoms in total. The monoisotopic (exact) mass is 229 g/mol. The third-order valence-corrected chi connectivity index (χ3v) is 2.95. The van der Waals surface area contributed by atoms with Crippen LogP contribution in [0.3, 0.4) is 0 Å². The summed E-state index contributed by atoms with van der Waals surface area (Å²) in [6.07, 6.45) is 7.79. The molecule has 0 aliphatic carbocycles. The highest BCUT2D eigenvalue weighted by Crippen LogP contribution is 2.03. The summed E-state index contributed by atoms with van der Waals surface area (Å²) in [4.78, 5) is 2.49. The molecular formula is C13H31N3. The minimum atomic E-state index is 0.142. The van der Waals surface area contributed by atoms with E-state index in [9.17, 15) is 0 Å². The normalized spacial score (nSPS) is 13.3. The molecule has 0 aromatic rings. The molecule has 98 valence electrons. The summed E-state index contributed by atoms with van der Waals surface area (Å²) >= 11 is 0. The Labute approximate surface area is 102 Å². The number of nitrogens with two attached hydrogens (primary N) is 2. The van der Waals surface area contributed by atoms with Crippen molar-refractivity contribution in [2.75, 3.05) is 26.2 Å². The first kappa shape index (κ1) is 15.9. The van der Waals surface area contributed by atoms with E-state index in [1.165, 1.54) is 51.6 Å². The number of hydrogen-bond acceptors (Lipinski definition) is 3. The summed E-state index contributed by atoms with van der Waals surface area (Å²) in [6, 6.07) is 0.142. The van der Waals surface area contributed by atoms with Gasteiger partial charge in [0.05, 0.1) is 0 Å². The van der Waals surface area contributed by atoms with Crippen molar-refractivity contribution < 1.29 is 0 Å². The molecule has 0 heterocycles. The van der Waals surface area contributed by atoms with Crippen LogP contribution in [0.15, 0.2) is 0 Å². The van der Waals surface area contributed by atoms with E-state index >= 15 is 0 Å². The van der Waals surface area contributed by atoms with Gasteiger partial charge in [0.1, 0.15) is 0 Å². The van der Waals surface area contributed by atoms with Crippen LogP contribution in [-0.2, 0) is 0 Å². The maximum absolute atomic E-state index is 5.92. The van der Waals surface area contributed by atoms with Gasteiger partial charge in [0.25, 0.3) is 0 Å². The average molecular weight is 229 g/mol. The Morgan fingerprint density at radius 3 is 1.81 bits per heavy atom. The lowest BCUT2D eigenvalue weighted by atomic mass is 10.2. The van der Waals surface area contributed by atoms with E-state index in [0.717, 1.165) is 6.54 Å². The molecule has 0 fully saturated rings. The van der Waals surface area contributed by atoms with Gasteiger partial charge in [0, 0.05) is 19.1 Å². The lowest BCUT2D eigenvalue weighted by molar-refractivity contribution is 0.247. The predicted octanol–water partition coefficient (Wildman–Crippen LogP) is 1.95. The maximum atomic E-state index is 5.92. The molecule has 0 aliphatic heterocycles. The lowest BCUT2D eigenvalue weighted by Crippen LogP contribution is -2.42. The lowest BCUT2D eigenvalue weighted by Gasteiger charge is -2.25. The van der Waals surface area contributed by atoms with Gasteiger partial charge in [-0.25, -0.2) is 0 Å². The van der Waals surface area contributed by atoms with Gasteiger partial charge in [-0.1, -0.05) is 39.5 Å². The van der Waals surface area contributed by atoms with Gasteiger partial charge in [0.2, 0.25) is 0 Å². The summed E-state index contributed by atoms with van der Waals surface area (Å²) < 4.78 is 0. The molecule has 3 heteroatoms. The smallest absolute Gasteiger partial charge is 0.0292 e. The minimum Gasteiger partial charge on any atom is -0.329 e. The van der Waals surface area contributed by atoms with Gasteiger partial charge in [0.15, 0.2) is 0 Å². The van der Waals surface area contributed by atoms with Gasteiger partial charge < -0.3 is 16.4 Å². The number of nitrogens with zero attached hydrogens (tertiary/aromatic N) is 1. The van der Waals surface area contributed by atoms with Crippen LogP contribution in [0.4, 0.5) is 0 Å². The Balaban J connectivity index is 3.75. The molecule has 0 bridgehead atoms. The second kappa shape index (κ2) is 11.4. The van der Waals surface area contributed by atoms with Crippen molar-refractivity contribution >= 4 is 0 Å². The van der Waals surface area contributed by atoms with Crippen molar-refractivity contribution in [3.8, 4) is 0 Å². The van der Waals surface area contributed by atoms with Gasteiger partial charge >= 0.3 is 0 Å². The zero-order valence-corrected chi connectivity index (χ0v) is 11.3. The summed E-state index contributed by atoms with van der Waals surface area (Å²) in [5.41, 5.74) is 11.5. The van der Waals surface area contributed by atoms with E-state index in [2.05, 4.69) is 18.7 Å². The minimum absolute atomic E-state index is 0.142. The molecule has 0 aromatic carbocycles. The second-order valence-electron chi connectivity index (χ2n) is 4.71. The average Bonchev–Trinajstić information content (AvgIpc) is 2.29. The Hall–Kier alpha value is -0.120. The van der Waals surface area contributed by atoms with Crippen LogP contribution in [0.2, 0.25) is 0 Å². The quantitative estimate of drug-likeness (QED) is 0.533. The third kappa shape index (κ3) is 9.13. The summed E-state index contributed by atoms with van der Waals surface area (Å²) in [6.45, 7) is 8.42. The van der Waals surface area contributed by atoms with Gasteiger partial charge in [-0.2, -0.15) is 0 Å². The number of rotatable bonds is 11. The molecule has 0 rings (SSSR count). The van der Waals surface area contributed by atoms with E-state index in [-0.39, 0.29) is 6.04 Å². The Bertz CT molecular complexity index is 129. The standard InChI is InChI=1S/C13H31N3/c1-3-5-7-9-16(10-8-6-4-2)12-13(15)11-14/h13H,3-12,14-15H2,1-2H3. The fourth-order valence-corrected chi connectivity index (χ4v) is 1.87. The van der Waals surface area contributed by atoms with Crippen LogP contribution in [0.1, 0.15) is 52.4 Å². The molecule has 4 N–H and O–H groups in total. The Morgan fingerprint density at radius 1 is 0.938 bits per heavy atom. The van der Waals surface area contributed by atoms with Gasteiger partial charge in [-0.3, -0.25) is 0 Å². The molecule has 16 heavy (non-hydrogen) atoms. The highest BCUT2D eigenvalue weighted by Gasteiger charge is 2.08. The topological polar surface area (TPSA) is 55.3 Å². The molecule has 0 aromatic heterocycles. The van der Waals surface area contributed by atoms with E-state index in [0.29, 0.717) is 6.54 Å². The SMILES string of the molecule is CCCCCN(CCCCC)CC(N)CN. The van der Waals surface area contributed by atoms with Crippen LogP contribution in [0, 0.1) is 0 Å². The first-order chi connectivity index (χ1) is 7.74. The second-order valence-corrected chi connectivity index (χ2v) is 4.71. The van der Waals surface area contributed by atoms with E-state index in [1.54, 1.807) is 0 Å². The van der Waals surface area contributed by atoms with Crippen molar-refractivity contribution in [2.45, 2.75) is 58.4 Å². The van der Waals surface area contributed by atoms with Crippen molar-refractivity contribution in [1.82, 2.24) is 4.90 Å². The van der Waals surface area contributed by atoms with E-state index < -0.39 is 0 Å². The van der Waals surface area contributed by atoms with Crippen LogP contribution in [0.25, 0.3) is 0 Å². The van der Waals surface area contributed by atoms with Crippen molar-refractivity contribution in [2.24, 2.45) is 11.5 Å². The molecule has 0 saturated heterocycles. The zero-order chi connectivity index (χ0) is 12.2. The molecule has 1 atom stereocenters. The van der Waals surface area contributed by atoms with Crippen LogP contribution in [-0.4, -0.2) is 37.1 Å². The summed E-state index contributed by atoms with van der Waals surface area (Å²) in [5.74, 6) is 0. The summed E-state index contributed by atoms with van der Waals surface area (Å²) in [5, 5.41) is 0. The van der Waals surface area contributed by atoms with Crippen molar-refractivity contribution in [1.29, 1.82) is 0 Å². The third-order valence-electron chi connectivity index (χ3n) is 2.95. The summed E-state index contributed by atoms with van der Waals surface area (Å²) in [7, 11) is 0. The predicted molar refractivity (Wildman–Crippen MR) is 72.5 cm³/mol. The highest BCUT2D eigenvalue weighted by atomic mass is 15.1. The highest BCUT2D eigenvalue weighted by molar-refractivity contribution is 4.69. The molecule has 0 spiro atoms. The molecule has 0 aliphatic rings. The van der Waals surface area contributed by atoms with Crippen LogP contribution < -0.4 is 11.5 Å². The zero-order valence-electron chi connectivity index (χ0n) is 11.3. The van der Waals surface area contributed by atoms with Gasteiger partial charge in [-0.15, -0.1) is 0 Å². The largest absolute Gasteiger partial charge is 0.329 e. The van der Waals surface area contributed by atoms with Gasteiger partial charge in [-0.05, 0) is 25.9 Å².